The normalized spacial score (nSPS) is 16.4. The van der Waals surface area contributed by atoms with Gasteiger partial charge in [-0.1, -0.05) is 36.0 Å². The van der Waals surface area contributed by atoms with Gasteiger partial charge in [-0.15, -0.1) is 5.10 Å². The number of hydrazone groups is 2. The summed E-state index contributed by atoms with van der Waals surface area (Å²) in [6.45, 7) is 2.66. The fraction of sp³-hybridized carbons (Fsp3) is 0.158. The predicted molar refractivity (Wildman–Crippen MR) is 103 cm³/mol. The second kappa shape index (κ2) is 8.30. The minimum absolute atomic E-state index is 0.204. The molecule has 0 spiro atoms. The van der Waals surface area contributed by atoms with E-state index in [-0.39, 0.29) is 16.9 Å². The van der Waals surface area contributed by atoms with Crippen molar-refractivity contribution in [2.24, 2.45) is 10.2 Å². The number of hydrogen-bond acceptors (Lipinski definition) is 5. The quantitative estimate of drug-likeness (QED) is 0.581. The predicted octanol–water partition coefficient (Wildman–Crippen LogP) is 3.71. The molecule has 1 heterocycles. The van der Waals surface area contributed by atoms with Gasteiger partial charge in [0.15, 0.2) is 0 Å². The van der Waals surface area contributed by atoms with Gasteiger partial charge in [-0.05, 0) is 35.4 Å². The summed E-state index contributed by atoms with van der Waals surface area (Å²) in [6.07, 6.45) is 1.40. The number of amidine groups is 1. The SMILES string of the molecule is CC(=O)N(N=Cc1ccc(F)cc1)C1=NN(C(C)=O)C(c2ccc(F)cc2)S1. The van der Waals surface area contributed by atoms with Gasteiger partial charge in [0.25, 0.3) is 0 Å². The van der Waals surface area contributed by atoms with Crippen LogP contribution in [0.25, 0.3) is 0 Å². The van der Waals surface area contributed by atoms with Gasteiger partial charge in [-0.2, -0.15) is 10.1 Å². The molecule has 28 heavy (non-hydrogen) atoms. The zero-order valence-electron chi connectivity index (χ0n) is 15.0. The third kappa shape index (κ3) is 4.42. The summed E-state index contributed by atoms with van der Waals surface area (Å²) in [4.78, 5) is 24.1. The smallest absolute Gasteiger partial charge is 0.246 e. The van der Waals surface area contributed by atoms with Crippen LogP contribution in [-0.2, 0) is 9.59 Å². The second-order valence-electron chi connectivity index (χ2n) is 5.89. The van der Waals surface area contributed by atoms with Crippen LogP contribution in [0.1, 0.15) is 30.3 Å². The molecule has 3 rings (SSSR count). The number of hydrogen-bond donors (Lipinski definition) is 0. The monoisotopic (exact) mass is 402 g/mol. The van der Waals surface area contributed by atoms with Crippen LogP contribution in [-0.4, -0.2) is 33.2 Å². The molecule has 1 atom stereocenters. The largest absolute Gasteiger partial charge is 0.273 e. The van der Waals surface area contributed by atoms with Gasteiger partial charge < -0.3 is 0 Å². The maximum absolute atomic E-state index is 13.2. The van der Waals surface area contributed by atoms with Gasteiger partial charge in [0, 0.05) is 13.8 Å². The van der Waals surface area contributed by atoms with Crippen LogP contribution < -0.4 is 0 Å². The molecule has 1 aliphatic rings. The highest BCUT2D eigenvalue weighted by Gasteiger charge is 2.35. The van der Waals surface area contributed by atoms with Crippen LogP contribution in [0, 0.1) is 11.6 Å². The van der Waals surface area contributed by atoms with Crippen molar-refractivity contribution in [3.05, 3.63) is 71.3 Å². The van der Waals surface area contributed by atoms with E-state index in [1.807, 2.05) is 0 Å². The molecular formula is C19H16F2N4O2S. The molecule has 2 aromatic carbocycles. The Hall–Kier alpha value is -3.07. The first kappa shape index (κ1) is 19.7. The number of benzene rings is 2. The molecule has 2 amide bonds. The van der Waals surface area contributed by atoms with Gasteiger partial charge in [-0.3, -0.25) is 9.59 Å². The van der Waals surface area contributed by atoms with Gasteiger partial charge in [0.1, 0.15) is 17.0 Å². The van der Waals surface area contributed by atoms with Crippen molar-refractivity contribution in [2.75, 3.05) is 0 Å². The maximum Gasteiger partial charge on any atom is 0.246 e. The fourth-order valence-electron chi connectivity index (χ4n) is 2.42. The number of carbonyl (C=O) groups is 2. The Kier molecular flexibility index (Phi) is 5.84. The molecule has 144 valence electrons. The number of halogens is 2. The third-order valence-electron chi connectivity index (χ3n) is 3.78. The lowest BCUT2D eigenvalue weighted by Gasteiger charge is -2.19. The summed E-state index contributed by atoms with van der Waals surface area (Å²) in [7, 11) is 0. The minimum Gasteiger partial charge on any atom is -0.273 e. The molecule has 0 saturated carbocycles. The summed E-state index contributed by atoms with van der Waals surface area (Å²) in [6, 6.07) is 11.3. The van der Waals surface area contributed by atoms with E-state index >= 15 is 0 Å². The van der Waals surface area contributed by atoms with Crippen molar-refractivity contribution < 1.29 is 18.4 Å². The fourth-order valence-corrected chi connectivity index (χ4v) is 3.62. The maximum atomic E-state index is 13.2. The summed E-state index contributed by atoms with van der Waals surface area (Å²) in [5.41, 5.74) is 1.25. The van der Waals surface area contributed by atoms with Crippen molar-refractivity contribution in [1.29, 1.82) is 0 Å². The summed E-state index contributed by atoms with van der Waals surface area (Å²) in [5, 5.41) is 10.3. The lowest BCUT2D eigenvalue weighted by Crippen LogP contribution is -2.27. The van der Waals surface area contributed by atoms with E-state index in [9.17, 15) is 18.4 Å². The number of nitrogens with zero attached hydrogens (tertiary/aromatic N) is 4. The van der Waals surface area contributed by atoms with E-state index in [1.165, 1.54) is 61.5 Å². The number of amides is 2. The van der Waals surface area contributed by atoms with Crippen LogP contribution in [0.2, 0.25) is 0 Å². The average Bonchev–Trinajstić information content (AvgIpc) is 3.09. The summed E-state index contributed by atoms with van der Waals surface area (Å²) in [5.74, 6) is -1.51. The van der Waals surface area contributed by atoms with Gasteiger partial charge in [-0.25, -0.2) is 13.8 Å². The zero-order valence-corrected chi connectivity index (χ0v) is 15.9. The Balaban J connectivity index is 1.87. The molecule has 6 nitrogen and oxygen atoms in total. The minimum atomic E-state index is -0.545. The lowest BCUT2D eigenvalue weighted by atomic mass is 10.2. The average molecular weight is 402 g/mol. The molecule has 2 aromatic rings. The molecule has 0 radical (unpaired) electrons. The van der Waals surface area contributed by atoms with Gasteiger partial charge >= 0.3 is 0 Å². The highest BCUT2D eigenvalue weighted by atomic mass is 32.2. The van der Waals surface area contributed by atoms with E-state index < -0.39 is 17.1 Å². The highest BCUT2D eigenvalue weighted by molar-refractivity contribution is 8.14. The second-order valence-corrected chi connectivity index (χ2v) is 6.94. The van der Waals surface area contributed by atoms with Crippen molar-refractivity contribution in [3.63, 3.8) is 0 Å². The van der Waals surface area contributed by atoms with Crippen LogP contribution in [0.4, 0.5) is 8.78 Å². The van der Waals surface area contributed by atoms with Crippen molar-refractivity contribution in [2.45, 2.75) is 19.2 Å². The highest BCUT2D eigenvalue weighted by Crippen LogP contribution is 2.40. The number of thioether (sulfide) groups is 1. The van der Waals surface area contributed by atoms with Crippen LogP contribution >= 0.6 is 11.8 Å². The molecule has 0 N–H and O–H groups in total. The van der Waals surface area contributed by atoms with Crippen molar-refractivity contribution in [3.8, 4) is 0 Å². The summed E-state index contributed by atoms with van der Waals surface area (Å²) >= 11 is 1.14. The molecule has 0 aromatic heterocycles. The Labute approximate surface area is 164 Å². The molecular weight excluding hydrogens is 386 g/mol. The van der Waals surface area contributed by atoms with E-state index in [2.05, 4.69) is 10.2 Å². The van der Waals surface area contributed by atoms with Gasteiger partial charge in [0.2, 0.25) is 17.0 Å². The van der Waals surface area contributed by atoms with Crippen LogP contribution in [0.5, 0.6) is 0 Å². The Morgan fingerprint density at radius 1 is 1.07 bits per heavy atom. The summed E-state index contributed by atoms with van der Waals surface area (Å²) < 4.78 is 26.2. The first-order valence-corrected chi connectivity index (χ1v) is 9.14. The molecule has 0 fully saturated rings. The lowest BCUT2D eigenvalue weighted by molar-refractivity contribution is -0.130. The molecule has 0 aliphatic carbocycles. The van der Waals surface area contributed by atoms with E-state index in [4.69, 9.17) is 0 Å². The molecule has 1 unspecified atom stereocenters. The molecule has 1 aliphatic heterocycles. The topological polar surface area (TPSA) is 65.3 Å². The van der Waals surface area contributed by atoms with E-state index in [0.717, 1.165) is 16.8 Å². The Morgan fingerprint density at radius 2 is 1.64 bits per heavy atom. The first-order chi connectivity index (χ1) is 13.3. The molecule has 0 bridgehead atoms. The van der Waals surface area contributed by atoms with E-state index in [0.29, 0.717) is 11.1 Å². The standard InChI is InChI=1S/C19H16F2N4O2S/c1-12(26)24-18(15-5-9-17(21)10-6-15)28-19(23-24)25(13(2)27)22-11-14-3-7-16(20)8-4-14/h3-11,18H,1-2H3. The van der Waals surface area contributed by atoms with Crippen molar-refractivity contribution >= 4 is 35.0 Å². The van der Waals surface area contributed by atoms with Crippen LogP contribution in [0.15, 0.2) is 58.7 Å². The van der Waals surface area contributed by atoms with E-state index in [1.54, 1.807) is 12.1 Å². The number of rotatable bonds is 3. The molecule has 9 heteroatoms. The third-order valence-corrected chi connectivity index (χ3v) is 4.94. The van der Waals surface area contributed by atoms with Crippen molar-refractivity contribution in [1.82, 2.24) is 10.0 Å². The first-order valence-electron chi connectivity index (χ1n) is 8.26. The Bertz CT molecular complexity index is 945. The number of carbonyl (C=O) groups excluding carboxylic acids is 2. The Morgan fingerprint density at radius 3 is 2.18 bits per heavy atom. The van der Waals surface area contributed by atoms with Gasteiger partial charge in [0.05, 0.1) is 6.21 Å². The van der Waals surface area contributed by atoms with Crippen LogP contribution in [0.3, 0.4) is 0 Å². The molecule has 0 saturated heterocycles. The zero-order chi connectivity index (χ0) is 20.3.